The van der Waals surface area contributed by atoms with Gasteiger partial charge in [0.25, 0.3) is 0 Å². The van der Waals surface area contributed by atoms with E-state index in [1.54, 1.807) is 0 Å². The van der Waals surface area contributed by atoms with Gasteiger partial charge in [0.1, 0.15) is 11.6 Å². The quantitative estimate of drug-likeness (QED) is 0.895. The number of nitrogens with one attached hydrogen (secondary N) is 1. The molecule has 0 aromatic heterocycles. The van der Waals surface area contributed by atoms with Crippen LogP contribution in [0.5, 0.6) is 0 Å². The number of hydrogen-bond donors (Lipinski definition) is 2. The zero-order chi connectivity index (χ0) is 13.8. The van der Waals surface area contributed by atoms with Crippen molar-refractivity contribution in [3.05, 3.63) is 64.7 Å². The maximum atomic E-state index is 13.0. The molecule has 2 aromatic rings. The van der Waals surface area contributed by atoms with Gasteiger partial charge in [0.05, 0.1) is 16.8 Å². The lowest BCUT2D eigenvalue weighted by atomic mass is 10.1. The summed E-state index contributed by atoms with van der Waals surface area (Å²) in [4.78, 5) is 0. The van der Waals surface area contributed by atoms with Crippen molar-refractivity contribution in [2.45, 2.75) is 6.10 Å². The van der Waals surface area contributed by atoms with E-state index in [1.807, 2.05) is 0 Å². The number of halogens is 3. The van der Waals surface area contributed by atoms with Crippen molar-refractivity contribution in [3.63, 3.8) is 0 Å². The normalized spacial score (nSPS) is 12.2. The molecule has 0 bridgehead atoms. The lowest BCUT2D eigenvalue weighted by Gasteiger charge is -2.14. The van der Waals surface area contributed by atoms with Gasteiger partial charge >= 0.3 is 0 Å². The van der Waals surface area contributed by atoms with E-state index < -0.39 is 11.9 Å². The fourth-order valence-electron chi connectivity index (χ4n) is 1.64. The second kappa shape index (κ2) is 5.99. The van der Waals surface area contributed by atoms with Crippen LogP contribution in [0, 0.1) is 11.6 Å². The molecule has 0 saturated heterocycles. The Kier molecular flexibility index (Phi) is 4.35. The molecule has 0 aliphatic heterocycles. The summed E-state index contributed by atoms with van der Waals surface area (Å²) in [5.74, 6) is -0.778. The molecule has 0 saturated carbocycles. The van der Waals surface area contributed by atoms with Gasteiger partial charge in [0.2, 0.25) is 0 Å². The lowest BCUT2D eigenvalue weighted by molar-refractivity contribution is 0.191. The highest BCUT2D eigenvalue weighted by Gasteiger charge is 2.09. The fourth-order valence-corrected chi connectivity index (χ4v) is 1.83. The summed E-state index contributed by atoms with van der Waals surface area (Å²) in [7, 11) is 0. The highest BCUT2D eigenvalue weighted by Crippen LogP contribution is 2.23. The van der Waals surface area contributed by atoms with Gasteiger partial charge in [-0.1, -0.05) is 23.7 Å². The molecule has 0 spiro atoms. The Morgan fingerprint density at radius 1 is 1.05 bits per heavy atom. The van der Waals surface area contributed by atoms with Crippen molar-refractivity contribution in [3.8, 4) is 0 Å². The minimum Gasteiger partial charge on any atom is -0.387 e. The first kappa shape index (κ1) is 13.8. The van der Waals surface area contributed by atoms with E-state index in [4.69, 9.17) is 11.6 Å². The van der Waals surface area contributed by atoms with E-state index in [-0.39, 0.29) is 12.4 Å². The first-order valence-corrected chi connectivity index (χ1v) is 6.06. The fraction of sp³-hybridized carbons (Fsp3) is 0.143. The number of benzene rings is 2. The molecule has 1 unspecified atom stereocenters. The Hall–Kier alpha value is -1.65. The van der Waals surface area contributed by atoms with Crippen LogP contribution in [0.25, 0.3) is 0 Å². The van der Waals surface area contributed by atoms with E-state index in [0.717, 1.165) is 0 Å². The highest BCUT2D eigenvalue weighted by molar-refractivity contribution is 6.33. The molecule has 2 N–H and O–H groups in total. The van der Waals surface area contributed by atoms with Crippen molar-refractivity contribution in [1.82, 2.24) is 0 Å². The molecule has 0 fully saturated rings. The minimum atomic E-state index is -0.833. The van der Waals surface area contributed by atoms with Crippen molar-refractivity contribution >= 4 is 17.3 Å². The predicted molar refractivity (Wildman–Crippen MR) is 71.3 cm³/mol. The number of aliphatic hydroxyl groups excluding tert-OH is 1. The summed E-state index contributed by atoms with van der Waals surface area (Å²) < 4.78 is 25.8. The van der Waals surface area contributed by atoms with E-state index in [0.29, 0.717) is 16.3 Å². The summed E-state index contributed by atoms with van der Waals surface area (Å²) in [6.07, 6.45) is -0.833. The first-order valence-electron chi connectivity index (χ1n) is 5.69. The summed E-state index contributed by atoms with van der Waals surface area (Å²) in [5.41, 5.74) is 0.976. The van der Waals surface area contributed by atoms with Crippen LogP contribution < -0.4 is 5.32 Å². The molecule has 100 valence electrons. The van der Waals surface area contributed by atoms with Crippen LogP contribution in [0.3, 0.4) is 0 Å². The maximum absolute atomic E-state index is 13.0. The van der Waals surface area contributed by atoms with Gasteiger partial charge in [-0.2, -0.15) is 0 Å². The standard InChI is InChI=1S/C14H12ClF2NO/c15-12-6-5-11(17)7-13(12)18-8-14(19)9-1-3-10(16)4-2-9/h1-7,14,18-19H,8H2. The first-order chi connectivity index (χ1) is 9.06. The zero-order valence-electron chi connectivity index (χ0n) is 9.91. The Balaban J connectivity index is 2.02. The summed E-state index contributed by atoms with van der Waals surface area (Å²) in [6.45, 7) is 0.148. The van der Waals surface area contributed by atoms with Gasteiger partial charge in [0.15, 0.2) is 0 Å². The van der Waals surface area contributed by atoms with E-state index >= 15 is 0 Å². The number of anilines is 1. The van der Waals surface area contributed by atoms with E-state index in [2.05, 4.69) is 5.32 Å². The van der Waals surface area contributed by atoms with E-state index in [1.165, 1.54) is 42.5 Å². The third-order valence-corrected chi connectivity index (χ3v) is 3.00. The molecule has 0 radical (unpaired) electrons. The monoisotopic (exact) mass is 283 g/mol. The Bertz CT molecular complexity index is 560. The van der Waals surface area contributed by atoms with Gasteiger partial charge < -0.3 is 10.4 Å². The highest BCUT2D eigenvalue weighted by atomic mass is 35.5. The molecule has 2 aromatic carbocycles. The third kappa shape index (κ3) is 3.66. The van der Waals surface area contributed by atoms with Gasteiger partial charge in [-0.3, -0.25) is 0 Å². The topological polar surface area (TPSA) is 32.3 Å². The molecule has 19 heavy (non-hydrogen) atoms. The average molecular weight is 284 g/mol. The van der Waals surface area contributed by atoms with Crippen molar-refractivity contribution in [2.24, 2.45) is 0 Å². The molecular weight excluding hydrogens is 272 g/mol. The second-order valence-electron chi connectivity index (χ2n) is 4.07. The number of hydrogen-bond acceptors (Lipinski definition) is 2. The molecule has 0 heterocycles. The SMILES string of the molecule is OC(CNc1cc(F)ccc1Cl)c1ccc(F)cc1. The predicted octanol–water partition coefficient (Wildman–Crippen LogP) is 3.76. The molecule has 5 heteroatoms. The maximum Gasteiger partial charge on any atom is 0.125 e. The lowest BCUT2D eigenvalue weighted by Crippen LogP contribution is -2.12. The Morgan fingerprint density at radius 2 is 1.68 bits per heavy atom. The van der Waals surface area contributed by atoms with Crippen molar-refractivity contribution < 1.29 is 13.9 Å². The molecule has 2 nitrogen and oxygen atoms in total. The molecule has 0 aliphatic rings. The molecule has 2 rings (SSSR count). The number of rotatable bonds is 4. The smallest absolute Gasteiger partial charge is 0.125 e. The van der Waals surface area contributed by atoms with Crippen LogP contribution in [0.2, 0.25) is 5.02 Å². The van der Waals surface area contributed by atoms with Gasteiger partial charge in [-0.25, -0.2) is 8.78 Å². The third-order valence-electron chi connectivity index (χ3n) is 2.67. The molecule has 0 amide bonds. The zero-order valence-corrected chi connectivity index (χ0v) is 10.7. The largest absolute Gasteiger partial charge is 0.387 e. The Morgan fingerprint density at radius 3 is 2.37 bits per heavy atom. The Labute approximate surface area is 114 Å². The van der Waals surface area contributed by atoms with Crippen LogP contribution in [0.15, 0.2) is 42.5 Å². The van der Waals surface area contributed by atoms with Gasteiger partial charge in [0, 0.05) is 6.54 Å². The summed E-state index contributed by atoms with van der Waals surface area (Å²) in [6, 6.07) is 9.47. The molecule has 1 atom stereocenters. The molecule has 0 aliphatic carbocycles. The van der Waals surface area contributed by atoms with Crippen LogP contribution in [0.4, 0.5) is 14.5 Å². The average Bonchev–Trinajstić information content (AvgIpc) is 2.40. The van der Waals surface area contributed by atoms with Gasteiger partial charge in [-0.05, 0) is 35.9 Å². The summed E-state index contributed by atoms with van der Waals surface area (Å²) in [5, 5.41) is 13.1. The van der Waals surface area contributed by atoms with Crippen LogP contribution >= 0.6 is 11.6 Å². The van der Waals surface area contributed by atoms with Crippen molar-refractivity contribution in [2.75, 3.05) is 11.9 Å². The van der Waals surface area contributed by atoms with Gasteiger partial charge in [-0.15, -0.1) is 0 Å². The van der Waals surface area contributed by atoms with E-state index in [9.17, 15) is 13.9 Å². The molecular formula is C14H12ClF2NO. The number of aliphatic hydroxyl groups is 1. The van der Waals surface area contributed by atoms with Crippen molar-refractivity contribution in [1.29, 1.82) is 0 Å². The van der Waals surface area contributed by atoms with Crippen LogP contribution in [-0.4, -0.2) is 11.7 Å². The summed E-state index contributed by atoms with van der Waals surface area (Å²) >= 11 is 5.89. The minimum absolute atomic E-state index is 0.148. The second-order valence-corrected chi connectivity index (χ2v) is 4.48. The van der Waals surface area contributed by atoms with Crippen LogP contribution in [-0.2, 0) is 0 Å². The van der Waals surface area contributed by atoms with Crippen LogP contribution in [0.1, 0.15) is 11.7 Å².